The van der Waals surface area contributed by atoms with Crippen molar-refractivity contribution in [2.75, 3.05) is 0 Å². The Kier molecular flexibility index (Phi) is 4.05. The Balaban J connectivity index is 1.74. The number of carbonyl (C=O) groups is 1. The average molecular weight is 292 g/mol. The van der Waals surface area contributed by atoms with Gasteiger partial charge in [0.25, 0.3) is 0 Å². The van der Waals surface area contributed by atoms with Gasteiger partial charge < -0.3 is 9.15 Å². The van der Waals surface area contributed by atoms with E-state index in [1.165, 1.54) is 0 Å². The Hall–Kier alpha value is -2.81. The fraction of sp³-hybridized carbons (Fsp3) is 0.105. The zero-order chi connectivity index (χ0) is 15.4. The molecule has 3 nitrogen and oxygen atoms in total. The second-order valence-corrected chi connectivity index (χ2v) is 5.01. The molecule has 22 heavy (non-hydrogen) atoms. The van der Waals surface area contributed by atoms with Gasteiger partial charge in [0.2, 0.25) is 0 Å². The third kappa shape index (κ3) is 3.09. The summed E-state index contributed by atoms with van der Waals surface area (Å²) in [5.41, 5.74) is 2.36. The summed E-state index contributed by atoms with van der Waals surface area (Å²) >= 11 is 0. The van der Waals surface area contributed by atoms with Crippen molar-refractivity contribution in [3.8, 4) is 11.3 Å². The number of hydrogen-bond acceptors (Lipinski definition) is 3. The van der Waals surface area contributed by atoms with Crippen LogP contribution in [0.1, 0.15) is 21.7 Å². The molecule has 0 saturated carbocycles. The summed E-state index contributed by atoms with van der Waals surface area (Å²) in [6.07, 6.45) is 0. The molecule has 0 saturated heterocycles. The van der Waals surface area contributed by atoms with Gasteiger partial charge in [-0.05, 0) is 18.6 Å². The number of esters is 1. The minimum absolute atomic E-state index is 0.255. The van der Waals surface area contributed by atoms with E-state index in [4.69, 9.17) is 9.15 Å². The number of ether oxygens (including phenoxy) is 1. The van der Waals surface area contributed by atoms with Gasteiger partial charge >= 0.3 is 5.97 Å². The molecule has 0 amide bonds. The highest BCUT2D eigenvalue weighted by atomic mass is 16.5. The minimum Gasteiger partial charge on any atom is -0.460 e. The third-order valence-corrected chi connectivity index (χ3v) is 3.41. The topological polar surface area (TPSA) is 39.4 Å². The van der Waals surface area contributed by atoms with Gasteiger partial charge in [0.05, 0.1) is 0 Å². The Morgan fingerprint density at radius 2 is 1.64 bits per heavy atom. The predicted octanol–water partition coefficient (Wildman–Crippen LogP) is 4.61. The molecule has 0 bridgehead atoms. The standard InChI is InChI=1S/C19H16O3/c1-14-17(12-18(22-14)16-10-6-3-7-11-16)19(20)21-13-15-8-4-2-5-9-15/h2-12H,13H2,1H3. The predicted molar refractivity (Wildman–Crippen MR) is 84.4 cm³/mol. The lowest BCUT2D eigenvalue weighted by molar-refractivity contribution is 0.0470. The normalized spacial score (nSPS) is 10.4. The number of hydrogen-bond donors (Lipinski definition) is 0. The Labute approximate surface area is 129 Å². The van der Waals surface area contributed by atoms with Crippen LogP contribution in [0.15, 0.2) is 71.1 Å². The highest BCUT2D eigenvalue weighted by molar-refractivity contribution is 5.91. The first-order valence-electron chi connectivity index (χ1n) is 7.11. The van der Waals surface area contributed by atoms with Gasteiger partial charge in [0.15, 0.2) is 0 Å². The lowest BCUT2D eigenvalue weighted by Gasteiger charge is -2.03. The summed E-state index contributed by atoms with van der Waals surface area (Å²) in [4.78, 5) is 12.2. The van der Waals surface area contributed by atoms with Crippen LogP contribution in [-0.2, 0) is 11.3 Å². The smallest absolute Gasteiger partial charge is 0.342 e. The van der Waals surface area contributed by atoms with E-state index in [2.05, 4.69) is 0 Å². The molecule has 0 radical (unpaired) electrons. The number of carbonyl (C=O) groups excluding carboxylic acids is 1. The van der Waals surface area contributed by atoms with Crippen molar-refractivity contribution in [1.82, 2.24) is 0 Å². The molecule has 0 aliphatic carbocycles. The van der Waals surface area contributed by atoms with Gasteiger partial charge in [0.1, 0.15) is 23.7 Å². The summed E-state index contributed by atoms with van der Waals surface area (Å²) in [6, 6.07) is 21.0. The first-order valence-corrected chi connectivity index (χ1v) is 7.11. The molecule has 0 aliphatic rings. The highest BCUT2D eigenvalue weighted by Crippen LogP contribution is 2.25. The molecule has 0 unspecified atom stereocenters. The Morgan fingerprint density at radius 3 is 2.32 bits per heavy atom. The SMILES string of the molecule is Cc1oc(-c2ccccc2)cc1C(=O)OCc1ccccc1. The second-order valence-electron chi connectivity index (χ2n) is 5.01. The number of aryl methyl sites for hydroxylation is 1. The van der Waals surface area contributed by atoms with Crippen molar-refractivity contribution < 1.29 is 13.9 Å². The lowest BCUT2D eigenvalue weighted by atomic mass is 10.1. The zero-order valence-corrected chi connectivity index (χ0v) is 12.3. The summed E-state index contributed by atoms with van der Waals surface area (Å²) in [7, 11) is 0. The van der Waals surface area contributed by atoms with Gasteiger partial charge in [-0.3, -0.25) is 0 Å². The highest BCUT2D eigenvalue weighted by Gasteiger charge is 2.17. The monoisotopic (exact) mass is 292 g/mol. The van der Waals surface area contributed by atoms with Gasteiger partial charge in [0, 0.05) is 5.56 Å². The molecule has 110 valence electrons. The summed E-state index contributed by atoms with van der Waals surface area (Å²) in [5, 5.41) is 0. The van der Waals surface area contributed by atoms with Crippen LogP contribution in [-0.4, -0.2) is 5.97 Å². The van der Waals surface area contributed by atoms with E-state index < -0.39 is 0 Å². The van der Waals surface area contributed by atoms with E-state index in [0.29, 0.717) is 17.1 Å². The lowest BCUT2D eigenvalue weighted by Crippen LogP contribution is -2.05. The molecule has 0 fully saturated rings. The molecule has 3 rings (SSSR count). The van der Waals surface area contributed by atoms with Crippen molar-refractivity contribution in [3.63, 3.8) is 0 Å². The molecular weight excluding hydrogens is 276 g/mol. The second kappa shape index (κ2) is 6.31. The van der Waals surface area contributed by atoms with Crippen molar-refractivity contribution in [2.45, 2.75) is 13.5 Å². The molecule has 1 heterocycles. The molecular formula is C19H16O3. The molecule has 0 aliphatic heterocycles. The summed E-state index contributed by atoms with van der Waals surface area (Å²) in [6.45, 7) is 2.02. The largest absolute Gasteiger partial charge is 0.460 e. The average Bonchev–Trinajstić information content (AvgIpc) is 2.96. The van der Waals surface area contributed by atoms with Gasteiger partial charge in [-0.1, -0.05) is 60.7 Å². The third-order valence-electron chi connectivity index (χ3n) is 3.41. The first kappa shape index (κ1) is 14.1. The summed E-state index contributed by atoms with van der Waals surface area (Å²) < 4.78 is 11.0. The van der Waals surface area contributed by atoms with Crippen LogP contribution >= 0.6 is 0 Å². The van der Waals surface area contributed by atoms with Crippen molar-refractivity contribution in [3.05, 3.63) is 83.6 Å². The summed E-state index contributed by atoms with van der Waals surface area (Å²) in [5.74, 6) is 0.869. The zero-order valence-electron chi connectivity index (χ0n) is 12.3. The van der Waals surface area contributed by atoms with Gasteiger partial charge in [-0.15, -0.1) is 0 Å². The van der Waals surface area contributed by atoms with E-state index >= 15 is 0 Å². The van der Waals surface area contributed by atoms with Crippen LogP contribution in [0.25, 0.3) is 11.3 Å². The number of furan rings is 1. The molecule has 3 aromatic rings. The maximum atomic E-state index is 12.2. The van der Waals surface area contributed by atoms with E-state index in [1.54, 1.807) is 13.0 Å². The fourth-order valence-corrected chi connectivity index (χ4v) is 2.23. The molecule has 2 aromatic carbocycles. The van der Waals surface area contributed by atoms with Crippen LogP contribution in [0.4, 0.5) is 0 Å². The van der Waals surface area contributed by atoms with E-state index in [0.717, 1.165) is 11.1 Å². The minimum atomic E-state index is -0.368. The van der Waals surface area contributed by atoms with Crippen LogP contribution in [0.5, 0.6) is 0 Å². The molecule has 1 aromatic heterocycles. The van der Waals surface area contributed by atoms with Crippen LogP contribution < -0.4 is 0 Å². The van der Waals surface area contributed by atoms with Gasteiger partial charge in [-0.2, -0.15) is 0 Å². The quantitative estimate of drug-likeness (QED) is 0.659. The van der Waals surface area contributed by atoms with Crippen LogP contribution in [0.3, 0.4) is 0 Å². The van der Waals surface area contributed by atoms with Crippen molar-refractivity contribution in [1.29, 1.82) is 0 Å². The molecule has 0 spiro atoms. The van der Waals surface area contributed by atoms with E-state index in [-0.39, 0.29) is 12.6 Å². The number of benzene rings is 2. The Bertz CT molecular complexity index is 758. The Morgan fingerprint density at radius 1 is 1.00 bits per heavy atom. The van der Waals surface area contributed by atoms with E-state index in [1.807, 2.05) is 60.7 Å². The fourth-order valence-electron chi connectivity index (χ4n) is 2.23. The molecule has 3 heteroatoms. The van der Waals surface area contributed by atoms with Crippen LogP contribution in [0.2, 0.25) is 0 Å². The first-order chi connectivity index (χ1) is 10.7. The van der Waals surface area contributed by atoms with Gasteiger partial charge in [-0.25, -0.2) is 4.79 Å². The van der Waals surface area contributed by atoms with Crippen molar-refractivity contribution in [2.24, 2.45) is 0 Å². The maximum absolute atomic E-state index is 12.2. The number of rotatable bonds is 4. The van der Waals surface area contributed by atoms with E-state index in [9.17, 15) is 4.79 Å². The van der Waals surface area contributed by atoms with Crippen LogP contribution in [0, 0.1) is 6.92 Å². The molecule has 0 N–H and O–H groups in total. The maximum Gasteiger partial charge on any atom is 0.342 e. The molecule has 0 atom stereocenters. The van der Waals surface area contributed by atoms with Crippen molar-refractivity contribution >= 4 is 5.97 Å².